The van der Waals surface area contributed by atoms with Crippen molar-refractivity contribution in [3.63, 3.8) is 0 Å². The van der Waals surface area contributed by atoms with E-state index in [1.54, 1.807) is 6.07 Å². The van der Waals surface area contributed by atoms with Crippen molar-refractivity contribution in [2.24, 2.45) is 0 Å². The third-order valence-corrected chi connectivity index (χ3v) is 4.21. The number of hydrogen-bond donors (Lipinski definition) is 1. The van der Waals surface area contributed by atoms with E-state index in [4.69, 9.17) is 4.74 Å². The van der Waals surface area contributed by atoms with Gasteiger partial charge in [0.2, 0.25) is 0 Å². The summed E-state index contributed by atoms with van der Waals surface area (Å²) in [6.07, 6.45) is -4.48. The summed E-state index contributed by atoms with van der Waals surface area (Å²) in [6.45, 7) is 2.12. The van der Waals surface area contributed by atoms with Gasteiger partial charge in [-0.15, -0.1) is 0 Å². The number of carbonyl (C=O) groups is 1. The van der Waals surface area contributed by atoms with Crippen molar-refractivity contribution in [2.75, 3.05) is 13.2 Å². The maximum atomic E-state index is 13.0. The molecule has 148 valence electrons. The van der Waals surface area contributed by atoms with Crippen LogP contribution in [0, 0.1) is 11.8 Å². The van der Waals surface area contributed by atoms with E-state index in [1.165, 1.54) is 18.2 Å². The molecule has 29 heavy (non-hydrogen) atoms. The summed E-state index contributed by atoms with van der Waals surface area (Å²) in [5.74, 6) is 5.12. The molecule has 0 aliphatic rings. The molecule has 0 unspecified atom stereocenters. The summed E-state index contributed by atoms with van der Waals surface area (Å²) in [5.41, 5.74) is -0.552. The average molecular weight is 397 g/mol. The van der Waals surface area contributed by atoms with Gasteiger partial charge in [-0.1, -0.05) is 54.3 Å². The highest BCUT2D eigenvalue weighted by molar-refractivity contribution is 6.09. The summed E-state index contributed by atoms with van der Waals surface area (Å²) >= 11 is 0. The maximum absolute atomic E-state index is 13.0. The van der Waals surface area contributed by atoms with Crippen LogP contribution in [-0.2, 0) is 6.18 Å². The van der Waals surface area contributed by atoms with E-state index in [0.717, 1.165) is 16.8 Å². The number of rotatable bonds is 4. The summed E-state index contributed by atoms with van der Waals surface area (Å²) < 4.78 is 44.6. The summed E-state index contributed by atoms with van der Waals surface area (Å²) in [4.78, 5) is 12.8. The van der Waals surface area contributed by atoms with E-state index < -0.39 is 17.6 Å². The van der Waals surface area contributed by atoms with Gasteiger partial charge in [0.25, 0.3) is 5.91 Å². The first-order valence-electron chi connectivity index (χ1n) is 8.99. The highest BCUT2D eigenvalue weighted by atomic mass is 19.4. The Morgan fingerprint density at radius 3 is 2.52 bits per heavy atom. The lowest BCUT2D eigenvalue weighted by atomic mass is 10.0. The third-order valence-electron chi connectivity index (χ3n) is 4.21. The smallest absolute Gasteiger partial charge is 0.417 e. The lowest BCUT2D eigenvalue weighted by Gasteiger charge is -2.12. The molecule has 0 aliphatic heterocycles. The van der Waals surface area contributed by atoms with Gasteiger partial charge >= 0.3 is 6.18 Å². The van der Waals surface area contributed by atoms with Crippen LogP contribution in [-0.4, -0.2) is 19.1 Å². The largest absolute Gasteiger partial charge is 0.493 e. The average Bonchev–Trinajstić information content (AvgIpc) is 2.70. The van der Waals surface area contributed by atoms with Crippen LogP contribution in [0.5, 0.6) is 5.75 Å². The molecule has 0 fully saturated rings. The molecule has 0 saturated heterocycles. The molecule has 0 spiro atoms. The van der Waals surface area contributed by atoms with Gasteiger partial charge in [0.15, 0.2) is 0 Å². The van der Waals surface area contributed by atoms with Crippen LogP contribution >= 0.6 is 0 Å². The minimum atomic E-state index is -4.48. The normalized spacial score (nSPS) is 10.9. The highest BCUT2D eigenvalue weighted by Crippen LogP contribution is 2.31. The fourth-order valence-electron chi connectivity index (χ4n) is 2.95. The lowest BCUT2D eigenvalue weighted by Crippen LogP contribution is -2.24. The van der Waals surface area contributed by atoms with Crippen molar-refractivity contribution in [1.29, 1.82) is 0 Å². The predicted octanol–water partition coefficient (Wildman–Crippen LogP) is 5.04. The molecule has 0 radical (unpaired) electrons. The zero-order valence-corrected chi connectivity index (χ0v) is 15.6. The Hall–Kier alpha value is -3.46. The van der Waals surface area contributed by atoms with Crippen molar-refractivity contribution in [3.8, 4) is 17.6 Å². The second kappa shape index (κ2) is 8.70. The number of ether oxygens (including phenoxy) is 1. The van der Waals surface area contributed by atoms with Gasteiger partial charge in [-0.25, -0.2) is 0 Å². The highest BCUT2D eigenvalue weighted by Gasteiger charge is 2.32. The molecule has 6 heteroatoms. The number of carbonyl (C=O) groups excluding carboxylic acids is 1. The van der Waals surface area contributed by atoms with Gasteiger partial charge in [-0.3, -0.25) is 4.79 Å². The van der Waals surface area contributed by atoms with Gasteiger partial charge in [-0.05, 0) is 35.9 Å². The first-order chi connectivity index (χ1) is 13.9. The molecule has 1 amide bonds. The van der Waals surface area contributed by atoms with Crippen LogP contribution in [0.1, 0.15) is 28.4 Å². The molecule has 3 rings (SSSR count). The monoisotopic (exact) mass is 397 g/mol. The predicted molar refractivity (Wildman–Crippen MR) is 106 cm³/mol. The Morgan fingerprint density at radius 1 is 1.03 bits per heavy atom. The van der Waals surface area contributed by atoms with Gasteiger partial charge in [0.1, 0.15) is 5.75 Å². The van der Waals surface area contributed by atoms with Crippen LogP contribution in [0.15, 0.2) is 60.7 Å². The lowest BCUT2D eigenvalue weighted by molar-refractivity contribution is -0.137. The standard InChI is InChI=1S/C23H18F3NO2/c1-2-29-20-14-13-16-8-3-5-11-18(16)21(20)22(28)27-15-7-10-17-9-4-6-12-19(17)23(24,25)26/h3-6,8-9,11-14H,2,15H2,1H3,(H,27,28). The summed E-state index contributed by atoms with van der Waals surface area (Å²) in [5, 5.41) is 4.25. The van der Waals surface area contributed by atoms with Crippen LogP contribution in [0.4, 0.5) is 13.2 Å². The molecule has 3 aromatic rings. The molecule has 3 aromatic carbocycles. The van der Waals surface area contributed by atoms with Crippen molar-refractivity contribution in [3.05, 3.63) is 77.4 Å². The third kappa shape index (κ3) is 4.69. The molecule has 0 bridgehead atoms. The van der Waals surface area contributed by atoms with Crippen LogP contribution in [0.2, 0.25) is 0 Å². The van der Waals surface area contributed by atoms with Crippen molar-refractivity contribution in [2.45, 2.75) is 13.1 Å². The molecular weight excluding hydrogens is 379 g/mol. The molecule has 0 saturated carbocycles. The van der Waals surface area contributed by atoms with Gasteiger partial charge in [0.05, 0.1) is 24.3 Å². The van der Waals surface area contributed by atoms with Crippen molar-refractivity contribution >= 4 is 16.7 Å². The van der Waals surface area contributed by atoms with Crippen molar-refractivity contribution < 1.29 is 22.7 Å². The topological polar surface area (TPSA) is 38.3 Å². The van der Waals surface area contributed by atoms with E-state index in [9.17, 15) is 18.0 Å². The SMILES string of the molecule is CCOc1ccc2ccccc2c1C(=O)NCC#Cc1ccccc1C(F)(F)F. The molecule has 0 heterocycles. The molecule has 3 nitrogen and oxygen atoms in total. The van der Waals surface area contributed by atoms with E-state index in [2.05, 4.69) is 17.2 Å². The second-order valence-corrected chi connectivity index (χ2v) is 6.12. The fraction of sp³-hybridized carbons (Fsp3) is 0.174. The van der Waals surface area contributed by atoms with E-state index in [-0.39, 0.29) is 12.1 Å². The zero-order valence-electron chi connectivity index (χ0n) is 15.6. The van der Waals surface area contributed by atoms with Gasteiger partial charge in [0, 0.05) is 5.56 Å². The maximum Gasteiger partial charge on any atom is 0.417 e. The molecule has 0 aromatic heterocycles. The molecular formula is C23H18F3NO2. The molecule has 1 N–H and O–H groups in total. The second-order valence-electron chi connectivity index (χ2n) is 6.12. The van der Waals surface area contributed by atoms with Crippen LogP contribution < -0.4 is 10.1 Å². The van der Waals surface area contributed by atoms with E-state index in [1.807, 2.05) is 37.3 Å². The Balaban J connectivity index is 1.82. The minimum absolute atomic E-state index is 0.0974. The first-order valence-corrected chi connectivity index (χ1v) is 8.99. The number of amides is 1. The summed E-state index contributed by atoms with van der Waals surface area (Å²) in [6, 6.07) is 16.1. The molecule has 0 aliphatic carbocycles. The minimum Gasteiger partial charge on any atom is -0.493 e. The van der Waals surface area contributed by atoms with Crippen molar-refractivity contribution in [1.82, 2.24) is 5.32 Å². The van der Waals surface area contributed by atoms with Gasteiger partial charge < -0.3 is 10.1 Å². The Bertz CT molecular complexity index is 1090. The Labute approximate surface area is 166 Å². The van der Waals surface area contributed by atoms with E-state index >= 15 is 0 Å². The first kappa shape index (κ1) is 20.3. The number of alkyl halides is 3. The quantitative estimate of drug-likeness (QED) is 0.627. The fourth-order valence-corrected chi connectivity index (χ4v) is 2.95. The zero-order chi connectivity index (χ0) is 20.9. The Kier molecular flexibility index (Phi) is 6.08. The number of halogens is 3. The number of nitrogens with one attached hydrogen (secondary N) is 1. The van der Waals surface area contributed by atoms with E-state index in [0.29, 0.717) is 17.9 Å². The Morgan fingerprint density at radius 2 is 1.76 bits per heavy atom. The van der Waals surface area contributed by atoms with Crippen LogP contribution in [0.25, 0.3) is 10.8 Å². The number of hydrogen-bond acceptors (Lipinski definition) is 2. The summed E-state index contributed by atoms with van der Waals surface area (Å²) in [7, 11) is 0. The number of benzene rings is 3. The number of fused-ring (bicyclic) bond motifs is 1. The molecule has 0 atom stereocenters. The van der Waals surface area contributed by atoms with Crippen LogP contribution in [0.3, 0.4) is 0 Å². The van der Waals surface area contributed by atoms with Gasteiger partial charge in [-0.2, -0.15) is 13.2 Å².